The van der Waals surface area contributed by atoms with Gasteiger partial charge in [0.25, 0.3) is 0 Å². The number of guanidine groups is 1. The van der Waals surface area contributed by atoms with Gasteiger partial charge >= 0.3 is 0 Å². The summed E-state index contributed by atoms with van der Waals surface area (Å²) < 4.78 is 5.55. The van der Waals surface area contributed by atoms with Crippen molar-refractivity contribution in [1.82, 2.24) is 20.6 Å². The van der Waals surface area contributed by atoms with Crippen LogP contribution in [0.1, 0.15) is 41.9 Å². The molecule has 0 saturated carbocycles. The molecule has 2 aromatic heterocycles. The molecule has 0 atom stereocenters. The van der Waals surface area contributed by atoms with Crippen LogP contribution in [0, 0.1) is 13.8 Å². The first-order chi connectivity index (χ1) is 11.1. The molecule has 6 nitrogen and oxygen atoms in total. The van der Waals surface area contributed by atoms with Crippen molar-refractivity contribution in [1.29, 1.82) is 0 Å². The number of aromatic nitrogens is 2. The van der Waals surface area contributed by atoms with E-state index in [0.717, 1.165) is 49.0 Å². The third-order valence-corrected chi connectivity index (χ3v) is 4.41. The summed E-state index contributed by atoms with van der Waals surface area (Å²) >= 11 is 1.72. The fraction of sp³-hybridized carbons (Fsp3) is 0.562. The van der Waals surface area contributed by atoms with Gasteiger partial charge in [-0.25, -0.2) is 15.0 Å². The Hall–Kier alpha value is -1.16. The van der Waals surface area contributed by atoms with Crippen LogP contribution in [0.4, 0.5) is 0 Å². The first-order valence-corrected chi connectivity index (χ1v) is 8.88. The van der Waals surface area contributed by atoms with E-state index in [9.17, 15) is 0 Å². The number of aryl methyl sites for hydroxylation is 3. The average Bonchev–Trinajstić information content (AvgIpc) is 3.12. The van der Waals surface area contributed by atoms with Crippen LogP contribution in [0.3, 0.4) is 0 Å². The van der Waals surface area contributed by atoms with Crippen LogP contribution in [0.15, 0.2) is 14.8 Å². The molecule has 0 fully saturated rings. The Bertz CT molecular complexity index is 633. The minimum Gasteiger partial charge on any atom is -0.444 e. The van der Waals surface area contributed by atoms with Gasteiger partial charge in [-0.3, -0.25) is 0 Å². The molecule has 0 saturated heterocycles. The van der Waals surface area contributed by atoms with Crippen LogP contribution in [0.25, 0.3) is 0 Å². The molecule has 0 aliphatic rings. The van der Waals surface area contributed by atoms with Crippen LogP contribution in [-0.4, -0.2) is 29.0 Å². The van der Waals surface area contributed by atoms with Crippen LogP contribution in [-0.2, 0) is 19.4 Å². The van der Waals surface area contributed by atoms with E-state index in [1.165, 1.54) is 5.01 Å². The highest BCUT2D eigenvalue weighted by Crippen LogP contribution is 2.10. The molecule has 0 unspecified atom stereocenters. The lowest BCUT2D eigenvalue weighted by Gasteiger charge is -2.10. The van der Waals surface area contributed by atoms with Gasteiger partial charge < -0.3 is 15.1 Å². The highest BCUT2D eigenvalue weighted by molar-refractivity contribution is 14.0. The number of halogens is 1. The largest absolute Gasteiger partial charge is 0.444 e. The zero-order valence-corrected chi connectivity index (χ0v) is 17.8. The van der Waals surface area contributed by atoms with Gasteiger partial charge in [-0.2, -0.15) is 0 Å². The molecule has 24 heavy (non-hydrogen) atoms. The summed E-state index contributed by atoms with van der Waals surface area (Å²) in [5.74, 6) is 2.26. The molecule has 2 rings (SSSR count). The second-order valence-corrected chi connectivity index (χ2v) is 6.15. The molecule has 134 valence electrons. The van der Waals surface area contributed by atoms with E-state index in [-0.39, 0.29) is 24.0 Å². The lowest BCUT2D eigenvalue weighted by Crippen LogP contribution is -2.38. The average molecular weight is 463 g/mol. The fourth-order valence-electron chi connectivity index (χ4n) is 2.03. The molecule has 0 amide bonds. The number of thiazole rings is 1. The number of hydrogen-bond donors (Lipinski definition) is 2. The van der Waals surface area contributed by atoms with Crippen molar-refractivity contribution in [2.24, 2.45) is 4.99 Å². The third-order valence-electron chi connectivity index (χ3n) is 3.36. The van der Waals surface area contributed by atoms with E-state index in [2.05, 4.69) is 37.9 Å². The lowest BCUT2D eigenvalue weighted by atomic mass is 10.3. The van der Waals surface area contributed by atoms with Gasteiger partial charge in [0.1, 0.15) is 12.3 Å². The molecule has 0 spiro atoms. The maximum Gasteiger partial charge on any atom is 0.216 e. The molecule has 2 aromatic rings. The van der Waals surface area contributed by atoms with Crippen molar-refractivity contribution in [3.05, 3.63) is 33.4 Å². The molecule has 0 bridgehead atoms. The Balaban J connectivity index is 0.00000288. The van der Waals surface area contributed by atoms with E-state index in [4.69, 9.17) is 4.42 Å². The van der Waals surface area contributed by atoms with Gasteiger partial charge in [0.2, 0.25) is 5.89 Å². The van der Waals surface area contributed by atoms with Crippen LogP contribution in [0.2, 0.25) is 0 Å². The van der Waals surface area contributed by atoms with Crippen molar-refractivity contribution < 1.29 is 4.42 Å². The maximum absolute atomic E-state index is 5.55. The third kappa shape index (κ3) is 6.39. The topological polar surface area (TPSA) is 75.3 Å². The minimum absolute atomic E-state index is 0. The van der Waals surface area contributed by atoms with Crippen molar-refractivity contribution in [3.8, 4) is 0 Å². The van der Waals surface area contributed by atoms with Crippen LogP contribution >= 0.6 is 35.3 Å². The maximum atomic E-state index is 5.55. The molecular weight excluding hydrogens is 437 g/mol. The Labute approximate surface area is 164 Å². The normalized spacial score (nSPS) is 11.2. The van der Waals surface area contributed by atoms with E-state index in [1.807, 2.05) is 20.8 Å². The number of hydrogen-bond acceptors (Lipinski definition) is 5. The van der Waals surface area contributed by atoms with E-state index >= 15 is 0 Å². The van der Waals surface area contributed by atoms with Gasteiger partial charge in [-0.15, -0.1) is 35.3 Å². The SMILES string of the molecule is CCNC(=NCc1nc(C)c(C)o1)NCCc1csc(CC)n1.I. The molecule has 0 radical (unpaired) electrons. The summed E-state index contributed by atoms with van der Waals surface area (Å²) in [6.07, 6.45) is 1.88. The quantitative estimate of drug-likeness (QED) is 0.375. The highest BCUT2D eigenvalue weighted by Gasteiger charge is 2.06. The zero-order chi connectivity index (χ0) is 16.7. The summed E-state index contributed by atoms with van der Waals surface area (Å²) in [7, 11) is 0. The summed E-state index contributed by atoms with van der Waals surface area (Å²) in [5, 5.41) is 9.87. The predicted octanol–water partition coefficient (Wildman–Crippen LogP) is 3.23. The monoisotopic (exact) mass is 463 g/mol. The van der Waals surface area contributed by atoms with Crippen molar-refractivity contribution in [2.75, 3.05) is 13.1 Å². The first-order valence-electron chi connectivity index (χ1n) is 8.00. The predicted molar refractivity (Wildman–Crippen MR) is 109 cm³/mol. The standard InChI is InChI=1S/C16H25N5OS.HI/c1-5-15-21-13(10-23-15)7-8-18-16(17-6-2)19-9-14-20-11(3)12(4)22-14;/h10H,5-9H2,1-4H3,(H2,17,18,19);1H. The van der Waals surface area contributed by atoms with Crippen molar-refractivity contribution in [2.45, 2.75) is 47.1 Å². The number of oxazole rings is 1. The Kier molecular flexibility index (Phi) is 9.27. The summed E-state index contributed by atoms with van der Waals surface area (Å²) in [6, 6.07) is 0. The van der Waals surface area contributed by atoms with Gasteiger partial charge in [0.05, 0.1) is 16.4 Å². The van der Waals surface area contributed by atoms with Gasteiger partial charge in [0, 0.05) is 24.9 Å². The minimum atomic E-state index is 0. The zero-order valence-electron chi connectivity index (χ0n) is 14.7. The molecular formula is C16H26IN5OS. The smallest absolute Gasteiger partial charge is 0.216 e. The molecule has 2 N–H and O–H groups in total. The first kappa shape index (κ1) is 20.9. The molecule has 2 heterocycles. The van der Waals surface area contributed by atoms with Crippen LogP contribution < -0.4 is 10.6 Å². The molecule has 8 heteroatoms. The van der Waals surface area contributed by atoms with Gasteiger partial charge in [0.15, 0.2) is 5.96 Å². The van der Waals surface area contributed by atoms with Crippen molar-refractivity contribution in [3.63, 3.8) is 0 Å². The second kappa shape index (κ2) is 10.7. The Morgan fingerprint density at radius 3 is 2.62 bits per heavy atom. The van der Waals surface area contributed by atoms with Gasteiger partial charge in [-0.05, 0) is 27.2 Å². The second-order valence-electron chi connectivity index (χ2n) is 5.21. The fourth-order valence-corrected chi connectivity index (χ4v) is 2.81. The number of nitrogens with one attached hydrogen (secondary N) is 2. The Morgan fingerprint density at radius 2 is 2.04 bits per heavy atom. The molecule has 0 aliphatic heterocycles. The lowest BCUT2D eigenvalue weighted by molar-refractivity contribution is 0.473. The van der Waals surface area contributed by atoms with Crippen molar-refractivity contribution >= 4 is 41.3 Å². The van der Waals surface area contributed by atoms with E-state index in [1.54, 1.807) is 11.3 Å². The Morgan fingerprint density at radius 1 is 1.25 bits per heavy atom. The molecule has 0 aliphatic carbocycles. The molecule has 0 aromatic carbocycles. The number of aliphatic imine (C=N–C) groups is 1. The summed E-state index contributed by atoms with van der Waals surface area (Å²) in [6.45, 7) is 10.1. The summed E-state index contributed by atoms with van der Waals surface area (Å²) in [4.78, 5) is 13.4. The van der Waals surface area contributed by atoms with E-state index in [0.29, 0.717) is 12.4 Å². The summed E-state index contributed by atoms with van der Waals surface area (Å²) in [5.41, 5.74) is 2.05. The van der Waals surface area contributed by atoms with Gasteiger partial charge in [-0.1, -0.05) is 6.92 Å². The number of nitrogens with zero attached hydrogens (tertiary/aromatic N) is 3. The van der Waals surface area contributed by atoms with E-state index < -0.39 is 0 Å². The number of rotatable bonds is 7. The van der Waals surface area contributed by atoms with Crippen LogP contribution in [0.5, 0.6) is 0 Å². The highest BCUT2D eigenvalue weighted by atomic mass is 127.